The number of hydrogen-bond acceptors (Lipinski definition) is 9. The number of alkyl halides is 4. The number of carbonyl (C=O) groups is 1. The summed E-state index contributed by atoms with van der Waals surface area (Å²) in [5.41, 5.74) is -0.170. The molecule has 21 heteroatoms. The maximum absolute atomic E-state index is 15.4. The molecule has 3 atom stereocenters. The lowest BCUT2D eigenvalue weighted by Crippen LogP contribution is -2.35. The minimum absolute atomic E-state index is 0.0378. The summed E-state index contributed by atoms with van der Waals surface area (Å²) in [5, 5.41) is 11.2. The summed E-state index contributed by atoms with van der Waals surface area (Å²) in [6.07, 6.45) is -0.631. The van der Waals surface area contributed by atoms with E-state index in [4.69, 9.17) is 16.6 Å². The van der Waals surface area contributed by atoms with Crippen LogP contribution in [-0.2, 0) is 40.8 Å². The number of thiazole rings is 1. The predicted octanol–water partition coefficient (Wildman–Crippen LogP) is 7.71. The van der Waals surface area contributed by atoms with Crippen molar-refractivity contribution in [3.8, 4) is 11.1 Å². The van der Waals surface area contributed by atoms with Gasteiger partial charge in [-0.3, -0.25) is 18.9 Å². The highest BCUT2D eigenvalue weighted by Crippen LogP contribution is 2.68. The van der Waals surface area contributed by atoms with Crippen molar-refractivity contribution in [3.63, 3.8) is 0 Å². The van der Waals surface area contributed by atoms with Crippen LogP contribution in [0.5, 0.6) is 0 Å². The Hall–Kier alpha value is -4.40. The highest BCUT2D eigenvalue weighted by Gasteiger charge is 2.67. The van der Waals surface area contributed by atoms with Crippen LogP contribution in [0.4, 0.5) is 32.2 Å². The van der Waals surface area contributed by atoms with E-state index in [0.717, 1.165) is 18.4 Å². The zero-order valence-corrected chi connectivity index (χ0v) is 31.9. The fraction of sp³-hybridized carbons (Fsp3) is 0.324. The minimum Gasteiger partial charge on any atom is -0.346 e. The molecule has 0 saturated heterocycles. The fourth-order valence-corrected chi connectivity index (χ4v) is 9.60. The monoisotopic (exact) mass is 840 g/mol. The molecule has 2 aromatic carbocycles. The number of fused-ring (bicyclic) bond motifs is 5. The third kappa shape index (κ3) is 6.69. The third-order valence-electron chi connectivity index (χ3n) is 9.56. The number of halogens is 7. The largest absolute Gasteiger partial charge is 0.346 e. The molecule has 0 aliphatic heterocycles. The van der Waals surface area contributed by atoms with Crippen LogP contribution in [0.1, 0.15) is 53.0 Å². The fourth-order valence-electron chi connectivity index (χ4n) is 7.40. The van der Waals surface area contributed by atoms with Gasteiger partial charge in [-0.05, 0) is 54.8 Å². The van der Waals surface area contributed by atoms with E-state index in [9.17, 15) is 30.8 Å². The first-order chi connectivity index (χ1) is 25.9. The number of amides is 1. The average molecular weight is 841 g/mol. The molecule has 55 heavy (non-hydrogen) atoms. The summed E-state index contributed by atoms with van der Waals surface area (Å²) in [5.74, 6) is -8.20. The molecular formula is C34H27ClF6N8O3S3. The van der Waals surface area contributed by atoms with E-state index in [0.29, 0.717) is 36.4 Å². The summed E-state index contributed by atoms with van der Waals surface area (Å²) >= 11 is 9.28. The lowest BCUT2D eigenvalue weighted by molar-refractivity contribution is -0.123. The van der Waals surface area contributed by atoms with Gasteiger partial charge in [0, 0.05) is 35.7 Å². The van der Waals surface area contributed by atoms with Crippen molar-refractivity contribution in [1.29, 1.82) is 0 Å². The Morgan fingerprint density at radius 3 is 2.49 bits per heavy atom. The molecule has 4 aromatic heterocycles. The van der Waals surface area contributed by atoms with E-state index in [2.05, 4.69) is 25.2 Å². The van der Waals surface area contributed by atoms with Crippen molar-refractivity contribution in [1.82, 2.24) is 34.8 Å². The molecule has 2 aliphatic rings. The second-order valence-corrected chi connectivity index (χ2v) is 17.6. The van der Waals surface area contributed by atoms with E-state index in [-0.39, 0.29) is 51.5 Å². The van der Waals surface area contributed by atoms with Gasteiger partial charge in [-0.25, -0.2) is 35.9 Å². The Balaban J connectivity index is 1.29. The van der Waals surface area contributed by atoms with E-state index < -0.39 is 75.7 Å². The average Bonchev–Trinajstić information content (AvgIpc) is 3.36. The standard InChI is InChI=1S/C34H27ClF6N8O3S3/c1-48-28-16(4-5-20(35)25(28)32(46-48)47-55(3,51)52)17-11-22-31(44-33(53-2)54-22)43-26(17)21(8-13-6-14(36)9-15(37)7-13)42-23(50)12-49-29-24(27(45-49)30(38)39)18-10-19(18)34(29,40)41/h4-7,9,11,18-19,21,30H,8,10,12H2,1-3H3,(H,42,50)(H,46,47)/t18-,19+,21?/m0/s1. The summed E-state index contributed by atoms with van der Waals surface area (Å²) in [7, 11) is -2.25. The van der Waals surface area contributed by atoms with Crippen LogP contribution in [0.15, 0.2) is 40.7 Å². The minimum atomic E-state index is -3.81. The molecule has 11 nitrogen and oxygen atoms in total. The predicted molar refractivity (Wildman–Crippen MR) is 195 cm³/mol. The van der Waals surface area contributed by atoms with Crippen LogP contribution in [0.3, 0.4) is 0 Å². The number of carbonyl (C=O) groups excluding carboxylic acids is 1. The highest BCUT2D eigenvalue weighted by molar-refractivity contribution is 8.00. The molecule has 2 aliphatic carbocycles. The number of anilines is 1. The van der Waals surface area contributed by atoms with Crippen LogP contribution in [-0.4, -0.2) is 56.4 Å². The Labute approximate surface area is 321 Å². The van der Waals surface area contributed by atoms with Crippen LogP contribution < -0.4 is 10.0 Å². The topological polar surface area (TPSA) is 137 Å². The van der Waals surface area contributed by atoms with Gasteiger partial charge in [0.25, 0.3) is 12.3 Å². The van der Waals surface area contributed by atoms with E-state index in [1.165, 1.54) is 33.8 Å². The highest BCUT2D eigenvalue weighted by atomic mass is 35.5. The molecule has 1 unspecified atom stereocenters. The number of hydrogen-bond donors (Lipinski definition) is 2. The number of nitrogens with zero attached hydrogens (tertiary/aromatic N) is 6. The quantitative estimate of drug-likeness (QED) is 0.100. The van der Waals surface area contributed by atoms with Crippen LogP contribution >= 0.6 is 34.7 Å². The van der Waals surface area contributed by atoms with Crippen molar-refractivity contribution in [2.45, 2.75) is 48.0 Å². The number of benzene rings is 2. The first-order valence-corrected chi connectivity index (χ1v) is 20.7. The van der Waals surface area contributed by atoms with Gasteiger partial charge in [0.1, 0.15) is 29.6 Å². The summed E-state index contributed by atoms with van der Waals surface area (Å²) in [6, 6.07) is 6.43. The Bertz CT molecular complexity index is 2660. The van der Waals surface area contributed by atoms with E-state index in [1.54, 1.807) is 19.2 Å². The Kier molecular flexibility index (Phi) is 9.12. The van der Waals surface area contributed by atoms with Crippen LogP contribution in [0, 0.1) is 17.6 Å². The molecule has 2 N–H and O–H groups in total. The van der Waals surface area contributed by atoms with Gasteiger partial charge < -0.3 is 5.32 Å². The molecule has 1 fully saturated rings. The van der Waals surface area contributed by atoms with Gasteiger partial charge in [-0.2, -0.15) is 19.0 Å². The normalized spacial score (nSPS) is 17.9. The Morgan fingerprint density at radius 2 is 1.82 bits per heavy atom. The molecule has 6 aromatic rings. The number of rotatable bonds is 11. The smallest absolute Gasteiger partial charge is 0.293 e. The number of aryl methyl sites for hydroxylation is 1. The number of aromatic nitrogens is 6. The first-order valence-electron chi connectivity index (χ1n) is 16.4. The van der Waals surface area contributed by atoms with Gasteiger partial charge in [0.15, 0.2) is 15.8 Å². The van der Waals surface area contributed by atoms with E-state index in [1.807, 2.05) is 6.26 Å². The van der Waals surface area contributed by atoms with E-state index >= 15 is 8.78 Å². The van der Waals surface area contributed by atoms with Crippen molar-refractivity contribution in [2.24, 2.45) is 13.0 Å². The second-order valence-electron chi connectivity index (χ2n) is 13.4. The van der Waals surface area contributed by atoms with Crippen LogP contribution in [0.2, 0.25) is 5.02 Å². The SMILES string of the molecule is CSc1nc2nc(C(Cc3cc(F)cc(F)c3)NC(=O)Cn3nc(C(F)F)c4c3C(F)(F)[C@@H]3C[C@H]43)c(-c3ccc(Cl)c4c(NS(C)(=O)=O)nn(C)c34)cc2s1. The molecule has 0 spiro atoms. The number of sulfonamides is 1. The molecule has 288 valence electrons. The summed E-state index contributed by atoms with van der Waals surface area (Å²) < 4.78 is 118. The van der Waals surface area contributed by atoms with Gasteiger partial charge in [-0.1, -0.05) is 29.4 Å². The molecule has 8 rings (SSSR count). The lowest BCUT2D eigenvalue weighted by atomic mass is 9.94. The zero-order valence-electron chi connectivity index (χ0n) is 28.7. The molecule has 0 bridgehead atoms. The first kappa shape index (κ1) is 37.5. The van der Waals surface area contributed by atoms with Gasteiger partial charge in [-0.15, -0.1) is 11.3 Å². The number of thioether (sulfide) groups is 1. The molecule has 0 radical (unpaired) electrons. The third-order valence-corrected chi connectivity index (χ3v) is 12.4. The number of nitrogens with one attached hydrogen (secondary N) is 2. The van der Waals surface area contributed by atoms with Crippen molar-refractivity contribution < 1.29 is 39.6 Å². The second kappa shape index (κ2) is 13.4. The zero-order chi connectivity index (χ0) is 39.3. The van der Waals surface area contributed by atoms with Crippen LogP contribution in [0.25, 0.3) is 32.4 Å². The maximum atomic E-state index is 15.4. The molecule has 4 heterocycles. The van der Waals surface area contributed by atoms with Crippen molar-refractivity contribution in [2.75, 3.05) is 17.2 Å². The van der Waals surface area contributed by atoms with Crippen molar-refractivity contribution in [3.05, 3.63) is 81.3 Å². The van der Waals surface area contributed by atoms with Gasteiger partial charge in [0.05, 0.1) is 38.6 Å². The summed E-state index contributed by atoms with van der Waals surface area (Å²) in [4.78, 5) is 23.3. The Morgan fingerprint density at radius 1 is 1.09 bits per heavy atom. The van der Waals surface area contributed by atoms with Crippen molar-refractivity contribution >= 4 is 77.7 Å². The maximum Gasteiger partial charge on any atom is 0.293 e. The molecule has 1 amide bonds. The number of pyridine rings is 1. The lowest BCUT2D eigenvalue weighted by Gasteiger charge is -2.23. The molecule has 1 saturated carbocycles. The molecular weight excluding hydrogens is 814 g/mol. The van der Waals surface area contributed by atoms with Gasteiger partial charge >= 0.3 is 0 Å². The van der Waals surface area contributed by atoms with Gasteiger partial charge in [0.2, 0.25) is 15.9 Å². The summed E-state index contributed by atoms with van der Waals surface area (Å²) in [6.45, 7) is -0.879.